The van der Waals surface area contributed by atoms with E-state index in [9.17, 15) is 9.90 Å². The molecule has 7 nitrogen and oxygen atoms in total. The summed E-state index contributed by atoms with van der Waals surface area (Å²) < 4.78 is 19.2. The van der Waals surface area contributed by atoms with Gasteiger partial charge in [0.2, 0.25) is 0 Å². The number of fused-ring (bicyclic) bond motifs is 2. The van der Waals surface area contributed by atoms with Crippen LogP contribution in [-0.4, -0.2) is 41.0 Å². The van der Waals surface area contributed by atoms with Gasteiger partial charge in [0.25, 0.3) is 0 Å². The first kappa shape index (κ1) is 24.2. The molecule has 4 aromatic rings. The largest absolute Gasteiger partial charge is 0.493 e. The number of carboxylic acids is 1. The number of rotatable bonds is 10. The number of nitrogens with zero attached hydrogens (tertiary/aromatic N) is 2. The van der Waals surface area contributed by atoms with Crippen molar-refractivity contribution < 1.29 is 24.1 Å². The lowest BCUT2D eigenvalue weighted by molar-refractivity contribution is -0.140. The first-order valence-electron chi connectivity index (χ1n) is 12.3. The zero-order chi connectivity index (χ0) is 25.1. The van der Waals surface area contributed by atoms with Crippen LogP contribution in [0.5, 0.6) is 17.2 Å². The summed E-state index contributed by atoms with van der Waals surface area (Å²) in [4.78, 5) is 17.6. The fourth-order valence-electron chi connectivity index (χ4n) is 4.52. The van der Waals surface area contributed by atoms with E-state index in [0.717, 1.165) is 40.1 Å². The number of hydrogen-bond acceptors (Lipinski definition) is 6. The second-order valence-corrected chi connectivity index (χ2v) is 10.1. The number of hydrogen-bond donors (Lipinski definition) is 1. The lowest BCUT2D eigenvalue weighted by atomic mass is 10.0. The summed E-state index contributed by atoms with van der Waals surface area (Å²) in [6.07, 6.45) is 7.20. The van der Waals surface area contributed by atoms with Crippen molar-refractivity contribution in [2.24, 2.45) is 0 Å². The molecule has 0 saturated heterocycles. The van der Waals surface area contributed by atoms with Crippen molar-refractivity contribution in [3.63, 3.8) is 0 Å². The van der Waals surface area contributed by atoms with Crippen LogP contribution in [0.25, 0.3) is 21.5 Å². The van der Waals surface area contributed by atoms with Crippen molar-refractivity contribution in [1.29, 1.82) is 0 Å². The molecule has 1 unspecified atom stereocenters. The normalized spacial score (nSPS) is 13.8. The van der Waals surface area contributed by atoms with Crippen molar-refractivity contribution in [3.05, 3.63) is 59.2 Å². The smallest absolute Gasteiger partial charge is 0.326 e. The van der Waals surface area contributed by atoms with E-state index < -0.39 is 12.0 Å². The fourth-order valence-corrected chi connectivity index (χ4v) is 5.66. The van der Waals surface area contributed by atoms with Gasteiger partial charge in [-0.05, 0) is 75.1 Å². The minimum Gasteiger partial charge on any atom is -0.493 e. The Bertz CT molecular complexity index is 1350. The molecule has 2 aromatic carbocycles. The van der Waals surface area contributed by atoms with Crippen LogP contribution >= 0.6 is 11.3 Å². The predicted octanol–water partition coefficient (Wildman–Crippen LogP) is 6.15. The van der Waals surface area contributed by atoms with E-state index in [2.05, 4.69) is 0 Å². The number of thiazole rings is 1. The third-order valence-electron chi connectivity index (χ3n) is 6.54. The van der Waals surface area contributed by atoms with Crippen LogP contribution in [0, 0.1) is 0 Å². The minimum absolute atomic E-state index is 0.496. The lowest BCUT2D eigenvalue weighted by Crippen LogP contribution is -2.14. The zero-order valence-electron chi connectivity index (χ0n) is 20.5. The Morgan fingerprint density at radius 2 is 1.92 bits per heavy atom. The van der Waals surface area contributed by atoms with Crippen LogP contribution in [0.1, 0.15) is 42.8 Å². The first-order valence-corrected chi connectivity index (χ1v) is 13.1. The summed E-state index contributed by atoms with van der Waals surface area (Å²) in [5.74, 6) is 1.29. The van der Waals surface area contributed by atoms with Gasteiger partial charge in [0.05, 0.1) is 26.0 Å². The van der Waals surface area contributed by atoms with Crippen molar-refractivity contribution >= 4 is 28.2 Å². The molecule has 1 aliphatic rings. The van der Waals surface area contributed by atoms with E-state index in [4.69, 9.17) is 19.2 Å². The van der Waals surface area contributed by atoms with Crippen LogP contribution < -0.4 is 14.2 Å². The van der Waals surface area contributed by atoms with Crippen molar-refractivity contribution in [1.82, 2.24) is 9.55 Å². The summed E-state index contributed by atoms with van der Waals surface area (Å²) in [6.45, 7) is 2.67. The summed E-state index contributed by atoms with van der Waals surface area (Å²) >= 11 is 1.79. The average molecular weight is 507 g/mol. The minimum atomic E-state index is -0.860. The molecular formula is C28H30N2O5S. The Hall–Kier alpha value is -3.52. The molecule has 1 aliphatic carbocycles. The average Bonchev–Trinajstić information content (AvgIpc) is 3.52. The first-order chi connectivity index (χ1) is 17.5. The number of methoxy groups -OCH3 is 1. The molecule has 0 bridgehead atoms. The second kappa shape index (κ2) is 10.6. The molecule has 8 heteroatoms. The number of aromatic nitrogens is 2. The maximum Gasteiger partial charge on any atom is 0.326 e. The van der Waals surface area contributed by atoms with Gasteiger partial charge in [-0.3, -0.25) is 0 Å². The second-order valence-electron chi connectivity index (χ2n) is 8.97. The SMILES string of the molecule is COc1cc(-c2nc3c(s2)CCCC3)ccc1OCCCOc1ccc2c(ccn2C(C)C(=O)O)c1. The van der Waals surface area contributed by atoms with Gasteiger partial charge in [-0.2, -0.15) is 0 Å². The van der Waals surface area contributed by atoms with E-state index >= 15 is 0 Å². The highest BCUT2D eigenvalue weighted by molar-refractivity contribution is 7.15. The Morgan fingerprint density at radius 1 is 1.08 bits per heavy atom. The Kier molecular flexibility index (Phi) is 7.13. The van der Waals surface area contributed by atoms with E-state index in [1.165, 1.54) is 23.4 Å². The molecule has 2 aromatic heterocycles. The molecule has 0 saturated carbocycles. The van der Waals surface area contributed by atoms with Crippen LogP contribution in [0.2, 0.25) is 0 Å². The van der Waals surface area contributed by atoms with Gasteiger partial charge in [-0.25, -0.2) is 9.78 Å². The standard InChI is InChI=1S/C28H30N2O5S/c1-18(28(31)32)30-13-12-19-16-21(9-10-23(19)30)34-14-5-15-35-24-11-8-20(17-25(24)33-2)27-29-22-6-3-4-7-26(22)36-27/h8-13,16-18H,3-7,14-15H2,1-2H3,(H,31,32). The Morgan fingerprint density at radius 3 is 2.72 bits per heavy atom. The molecular weight excluding hydrogens is 476 g/mol. The number of aliphatic carboxylic acids is 1. The van der Waals surface area contributed by atoms with Gasteiger partial charge in [-0.1, -0.05) is 0 Å². The molecule has 0 aliphatic heterocycles. The van der Waals surface area contributed by atoms with Crippen molar-refractivity contribution in [3.8, 4) is 27.8 Å². The van der Waals surface area contributed by atoms with E-state index in [-0.39, 0.29) is 0 Å². The maximum atomic E-state index is 11.3. The maximum absolute atomic E-state index is 11.3. The lowest BCUT2D eigenvalue weighted by Gasteiger charge is -2.13. The molecule has 188 valence electrons. The predicted molar refractivity (Wildman–Crippen MR) is 141 cm³/mol. The monoisotopic (exact) mass is 506 g/mol. The molecule has 0 spiro atoms. The molecule has 2 heterocycles. The molecule has 0 fully saturated rings. The number of aryl methyl sites for hydroxylation is 2. The fraction of sp³-hybridized carbons (Fsp3) is 0.357. The van der Waals surface area contributed by atoms with Crippen LogP contribution in [0.15, 0.2) is 48.7 Å². The highest BCUT2D eigenvalue weighted by Gasteiger charge is 2.18. The Labute approximate surface area is 214 Å². The van der Waals surface area contributed by atoms with E-state index in [0.29, 0.717) is 31.1 Å². The number of carbonyl (C=O) groups is 1. The molecule has 36 heavy (non-hydrogen) atoms. The highest BCUT2D eigenvalue weighted by Crippen LogP contribution is 2.37. The van der Waals surface area contributed by atoms with Gasteiger partial charge >= 0.3 is 5.97 Å². The summed E-state index contributed by atoms with van der Waals surface area (Å²) in [5, 5.41) is 11.3. The number of ether oxygens (including phenoxy) is 3. The Balaban J connectivity index is 1.15. The topological polar surface area (TPSA) is 82.8 Å². The molecule has 0 amide bonds. The van der Waals surface area contributed by atoms with Crippen LogP contribution in [0.3, 0.4) is 0 Å². The molecule has 5 rings (SSSR count). The molecule has 0 radical (unpaired) electrons. The zero-order valence-corrected chi connectivity index (χ0v) is 21.3. The van der Waals surface area contributed by atoms with Crippen LogP contribution in [-0.2, 0) is 17.6 Å². The third kappa shape index (κ3) is 5.04. The van der Waals surface area contributed by atoms with Gasteiger partial charge in [-0.15, -0.1) is 11.3 Å². The number of carboxylic acid groups (broad SMARTS) is 1. The third-order valence-corrected chi connectivity index (χ3v) is 7.74. The van der Waals surface area contributed by atoms with Crippen molar-refractivity contribution in [2.45, 2.75) is 45.1 Å². The van der Waals surface area contributed by atoms with E-state index in [1.54, 1.807) is 36.1 Å². The molecule has 1 atom stereocenters. The van der Waals surface area contributed by atoms with Gasteiger partial charge < -0.3 is 23.9 Å². The quantitative estimate of drug-likeness (QED) is 0.260. The highest BCUT2D eigenvalue weighted by atomic mass is 32.1. The summed E-state index contributed by atoms with van der Waals surface area (Å²) in [5.41, 5.74) is 3.19. The van der Waals surface area contributed by atoms with E-state index in [1.807, 2.05) is 42.5 Å². The van der Waals surface area contributed by atoms with Crippen LogP contribution in [0.4, 0.5) is 0 Å². The summed E-state index contributed by atoms with van der Waals surface area (Å²) in [6, 6.07) is 13.0. The summed E-state index contributed by atoms with van der Waals surface area (Å²) in [7, 11) is 1.66. The van der Waals surface area contributed by atoms with Gasteiger partial charge in [0.15, 0.2) is 11.5 Å². The van der Waals surface area contributed by atoms with Gasteiger partial charge in [0.1, 0.15) is 16.8 Å². The number of benzene rings is 2. The molecule has 1 N–H and O–H groups in total. The van der Waals surface area contributed by atoms with Crippen molar-refractivity contribution in [2.75, 3.05) is 20.3 Å². The van der Waals surface area contributed by atoms with Gasteiger partial charge in [0, 0.05) is 34.0 Å².